The van der Waals surface area contributed by atoms with Crippen LogP contribution in [-0.4, -0.2) is 26.3 Å². The maximum absolute atomic E-state index is 6.00. The van der Waals surface area contributed by atoms with E-state index in [-0.39, 0.29) is 30.1 Å². The van der Waals surface area contributed by atoms with E-state index in [2.05, 4.69) is 4.93 Å². The summed E-state index contributed by atoms with van der Waals surface area (Å²) in [4.78, 5) is 13.9. The van der Waals surface area contributed by atoms with Crippen molar-refractivity contribution in [2.45, 2.75) is 52.4 Å². The third kappa shape index (κ3) is 6.68. The molecule has 0 aliphatic rings. The third-order valence-electron chi connectivity index (χ3n) is 1.82. The van der Waals surface area contributed by atoms with Crippen LogP contribution in [0.15, 0.2) is 0 Å². The van der Waals surface area contributed by atoms with Gasteiger partial charge < -0.3 is 0 Å². The van der Waals surface area contributed by atoms with Gasteiger partial charge in [-0.2, -0.15) is 0 Å². The summed E-state index contributed by atoms with van der Waals surface area (Å²) in [5.41, 5.74) is 5.14. The van der Waals surface area contributed by atoms with Crippen LogP contribution in [0.1, 0.15) is 41.0 Å². The van der Waals surface area contributed by atoms with Crippen LogP contribution in [0, 0.1) is 0 Å². The Morgan fingerprint density at radius 2 is 1.67 bits per heavy atom. The number of hydrogen-bond acceptors (Lipinski definition) is 3. The van der Waals surface area contributed by atoms with Gasteiger partial charge in [0.05, 0.1) is 0 Å². The predicted octanol–water partition coefficient (Wildman–Crippen LogP) is -1.19. The molecule has 2 atom stereocenters. The van der Waals surface area contributed by atoms with E-state index in [1.165, 1.54) is 0 Å². The molecule has 0 aromatic heterocycles. The molecule has 5 heteroatoms. The van der Waals surface area contributed by atoms with Crippen LogP contribution in [0.2, 0.25) is 0 Å². The Morgan fingerprint density at radius 3 is 1.93 bits per heavy atom. The molecule has 0 saturated heterocycles. The zero-order valence-corrected chi connectivity index (χ0v) is 13.1. The summed E-state index contributed by atoms with van der Waals surface area (Å²) in [6.07, 6.45) is 0.762. The van der Waals surface area contributed by atoms with Gasteiger partial charge in [0, 0.05) is 0 Å². The Kier molecular flexibility index (Phi) is 5.47. The molecule has 0 saturated carbocycles. The molecule has 0 amide bonds. The first-order chi connectivity index (χ1) is 6.54. The van der Waals surface area contributed by atoms with Crippen LogP contribution in [0.3, 0.4) is 0 Å². The van der Waals surface area contributed by atoms with Crippen LogP contribution in [0.5, 0.6) is 0 Å². The first-order valence-corrected chi connectivity index (χ1v) is 8.24. The molecule has 0 rings (SSSR count). The Hall–Kier alpha value is 0.570. The summed E-state index contributed by atoms with van der Waals surface area (Å²) in [5, 5.41) is 0. The zero-order valence-electron chi connectivity index (χ0n) is 10.9. The minimum atomic E-state index is -0.629. The Balaban J connectivity index is 4.58. The quantitative estimate of drug-likeness (QED) is 0.227. The van der Waals surface area contributed by atoms with Gasteiger partial charge in [-0.05, 0) is 0 Å². The van der Waals surface area contributed by atoms with Crippen molar-refractivity contribution in [3.63, 3.8) is 0 Å². The number of hydroxylamine groups is 2. The fourth-order valence-corrected chi connectivity index (χ4v) is 2.45. The van der Waals surface area contributed by atoms with Crippen LogP contribution in [0.25, 0.3) is 0 Å². The molecule has 0 aliphatic heterocycles. The first-order valence-electron chi connectivity index (χ1n) is 5.12. The van der Waals surface area contributed by atoms with Crippen LogP contribution in [0.4, 0.5) is 0 Å². The predicted molar refractivity (Wildman–Crippen MR) is 56.9 cm³/mol. The number of rotatable bonds is 5. The number of alkyl halides is 1. The van der Waals surface area contributed by atoms with Gasteiger partial charge in [-0.15, -0.1) is 0 Å². The van der Waals surface area contributed by atoms with Gasteiger partial charge >= 0.3 is 104 Å². The molecule has 15 heavy (non-hydrogen) atoms. The van der Waals surface area contributed by atoms with Crippen molar-refractivity contribution < 1.29 is 34.2 Å². The average Bonchev–Trinajstić information content (AvgIpc) is 2.00. The van der Waals surface area contributed by atoms with Gasteiger partial charge in [-0.1, -0.05) is 0 Å². The molecule has 2 unspecified atom stereocenters. The van der Waals surface area contributed by atoms with Gasteiger partial charge in [0.2, 0.25) is 0 Å². The van der Waals surface area contributed by atoms with Crippen molar-refractivity contribution in [1.29, 1.82) is 0 Å². The second-order valence-corrected chi connectivity index (χ2v) is 7.59. The SMILES string of the molecule is CCC(C)(N)O[N+](C)(OC(C)(C)C)[I-]C. The van der Waals surface area contributed by atoms with E-state index in [1.54, 1.807) is 0 Å². The molecular formula is C10H25IN2O2. The molecule has 0 aliphatic carbocycles. The van der Waals surface area contributed by atoms with Crippen molar-refractivity contribution in [1.82, 2.24) is 0 Å². The summed E-state index contributed by atoms with van der Waals surface area (Å²) >= 11 is -0.267. The molecule has 0 spiro atoms. The molecule has 4 nitrogen and oxygen atoms in total. The summed E-state index contributed by atoms with van der Waals surface area (Å²) in [6.45, 7) is 9.95. The van der Waals surface area contributed by atoms with Crippen molar-refractivity contribution in [2.75, 3.05) is 12.0 Å². The van der Waals surface area contributed by atoms with E-state index >= 15 is 0 Å². The molecular weight excluding hydrogens is 307 g/mol. The minimum absolute atomic E-state index is 0.184. The van der Waals surface area contributed by atoms with E-state index in [9.17, 15) is 0 Å². The number of quaternary nitrogens is 1. The molecule has 0 aromatic rings. The Morgan fingerprint density at radius 1 is 1.20 bits per heavy atom. The summed E-state index contributed by atoms with van der Waals surface area (Å²) < 4.78 is 0.184. The fourth-order valence-electron chi connectivity index (χ4n) is 1.01. The summed E-state index contributed by atoms with van der Waals surface area (Å²) in [7, 11) is 1.93. The average molecular weight is 332 g/mol. The van der Waals surface area contributed by atoms with E-state index in [1.807, 2.05) is 41.7 Å². The second kappa shape index (κ2) is 5.27. The summed E-state index contributed by atoms with van der Waals surface area (Å²) in [5.74, 6) is 0. The van der Waals surface area contributed by atoms with E-state index in [0.29, 0.717) is 0 Å². The normalized spacial score (nSPS) is 21.1. The topological polar surface area (TPSA) is 44.5 Å². The van der Waals surface area contributed by atoms with E-state index < -0.39 is 5.72 Å². The number of halogens is 1. The molecule has 0 radical (unpaired) electrons. The molecule has 94 valence electrons. The first kappa shape index (κ1) is 15.6. The molecule has 0 aromatic carbocycles. The molecule has 0 bridgehead atoms. The standard InChI is InChI=1S/C10H25IN2O2/c1-8-10(5,12)15-13(7,11-6)14-9(2,3)4/h8,12H2,1-7H3. The van der Waals surface area contributed by atoms with Gasteiger partial charge in [0.15, 0.2) is 0 Å². The Labute approximate surface area is 104 Å². The summed E-state index contributed by atoms with van der Waals surface area (Å²) in [6, 6.07) is 0. The number of nitrogens with two attached hydrogens (primary N) is 1. The molecule has 0 heterocycles. The maximum atomic E-state index is 6.00. The van der Waals surface area contributed by atoms with Gasteiger partial charge in [0.1, 0.15) is 0 Å². The van der Waals surface area contributed by atoms with Crippen molar-refractivity contribution >= 4 is 0 Å². The van der Waals surface area contributed by atoms with Crippen molar-refractivity contribution in [3.05, 3.63) is 0 Å². The van der Waals surface area contributed by atoms with Gasteiger partial charge in [-0.25, -0.2) is 0 Å². The second-order valence-electron chi connectivity index (χ2n) is 4.88. The van der Waals surface area contributed by atoms with Crippen LogP contribution < -0.4 is 27.2 Å². The van der Waals surface area contributed by atoms with Crippen molar-refractivity contribution in [2.24, 2.45) is 5.73 Å². The fraction of sp³-hybridized carbons (Fsp3) is 1.00. The zero-order chi connectivity index (χ0) is 12.3. The van der Waals surface area contributed by atoms with E-state index in [4.69, 9.17) is 15.4 Å². The van der Waals surface area contributed by atoms with Gasteiger partial charge in [-0.3, -0.25) is 0 Å². The molecule has 2 N–H and O–H groups in total. The number of hydrogen-bond donors (Lipinski definition) is 1. The van der Waals surface area contributed by atoms with Gasteiger partial charge in [0.25, 0.3) is 0 Å². The Bertz CT molecular complexity index is 204. The molecule has 0 fully saturated rings. The monoisotopic (exact) mass is 332 g/mol. The van der Waals surface area contributed by atoms with Crippen LogP contribution >= 0.6 is 0 Å². The third-order valence-corrected chi connectivity index (χ3v) is 3.96. The van der Waals surface area contributed by atoms with E-state index in [0.717, 1.165) is 6.42 Å². The number of nitrogens with zero attached hydrogens (tertiary/aromatic N) is 1. The van der Waals surface area contributed by atoms with Crippen molar-refractivity contribution in [3.8, 4) is 0 Å². The van der Waals surface area contributed by atoms with Crippen LogP contribution in [-0.2, 0) is 9.68 Å².